The normalized spacial score (nSPS) is 10.6. The average molecular weight is 282 g/mol. The van der Waals surface area contributed by atoms with Crippen molar-refractivity contribution in [1.29, 1.82) is 0 Å². The van der Waals surface area contributed by atoms with Crippen molar-refractivity contribution in [3.8, 4) is 11.4 Å². The van der Waals surface area contributed by atoms with Crippen LogP contribution in [0.2, 0.25) is 0 Å². The van der Waals surface area contributed by atoms with Crippen LogP contribution in [0, 0.1) is 0 Å². The molecule has 0 radical (unpaired) electrons. The molecule has 0 amide bonds. The van der Waals surface area contributed by atoms with Gasteiger partial charge in [0.1, 0.15) is 5.75 Å². The van der Waals surface area contributed by atoms with Gasteiger partial charge in [-0.3, -0.25) is 9.36 Å². The van der Waals surface area contributed by atoms with Gasteiger partial charge in [-0.05, 0) is 12.1 Å². The van der Waals surface area contributed by atoms with Crippen LogP contribution in [-0.4, -0.2) is 27.2 Å². The molecule has 20 heavy (non-hydrogen) atoms. The predicted octanol–water partition coefficient (Wildman–Crippen LogP) is 1.53. The summed E-state index contributed by atoms with van der Waals surface area (Å²) in [6, 6.07) is 5.55. The Kier molecular flexibility index (Phi) is 3.74. The van der Waals surface area contributed by atoms with Crippen LogP contribution in [0.25, 0.3) is 5.69 Å². The number of aromatic nitrogens is 2. The number of alkyl halides is 2. The quantitative estimate of drug-likeness (QED) is 0.919. The van der Waals surface area contributed by atoms with Gasteiger partial charge in [-0.2, -0.15) is 8.78 Å². The molecule has 0 saturated heterocycles. The number of nitrogens with zero attached hydrogens (tertiary/aromatic N) is 2. The number of benzene rings is 1. The fourth-order valence-corrected chi connectivity index (χ4v) is 1.60. The van der Waals surface area contributed by atoms with Crippen molar-refractivity contribution in [1.82, 2.24) is 9.55 Å². The fraction of sp³-hybridized carbons (Fsp3) is 0.0833. The zero-order chi connectivity index (χ0) is 14.7. The third-order valence-corrected chi connectivity index (χ3v) is 2.38. The number of carboxylic acids is 1. The van der Waals surface area contributed by atoms with E-state index in [1.54, 1.807) is 0 Å². The van der Waals surface area contributed by atoms with Gasteiger partial charge in [-0.1, -0.05) is 12.1 Å². The Hall–Kier alpha value is -2.77. The molecule has 0 aliphatic carbocycles. The smallest absolute Gasteiger partial charge is 0.387 e. The van der Waals surface area contributed by atoms with Crippen LogP contribution in [0.15, 0.2) is 41.5 Å². The van der Waals surface area contributed by atoms with Crippen molar-refractivity contribution in [3.05, 3.63) is 52.7 Å². The predicted molar refractivity (Wildman–Crippen MR) is 63.4 cm³/mol. The lowest BCUT2D eigenvalue weighted by Gasteiger charge is -2.12. The molecule has 1 aromatic heterocycles. The SMILES string of the molecule is O=C(O)c1nccn(-c2ccccc2OC(F)F)c1=O. The van der Waals surface area contributed by atoms with E-state index in [4.69, 9.17) is 5.11 Å². The van der Waals surface area contributed by atoms with E-state index in [1.807, 2.05) is 0 Å². The molecule has 1 N–H and O–H groups in total. The first-order chi connectivity index (χ1) is 9.50. The van der Waals surface area contributed by atoms with E-state index in [2.05, 4.69) is 9.72 Å². The number of carboxylic acid groups (broad SMARTS) is 1. The minimum Gasteiger partial charge on any atom is -0.476 e. The number of hydrogen-bond acceptors (Lipinski definition) is 4. The monoisotopic (exact) mass is 282 g/mol. The van der Waals surface area contributed by atoms with Gasteiger partial charge >= 0.3 is 12.6 Å². The van der Waals surface area contributed by atoms with E-state index in [9.17, 15) is 18.4 Å². The third-order valence-electron chi connectivity index (χ3n) is 2.38. The Morgan fingerprint density at radius 2 is 2.05 bits per heavy atom. The van der Waals surface area contributed by atoms with Crippen molar-refractivity contribution in [3.63, 3.8) is 0 Å². The second-order valence-corrected chi connectivity index (χ2v) is 3.60. The summed E-state index contributed by atoms with van der Waals surface area (Å²) in [5.74, 6) is -1.75. The Balaban J connectivity index is 2.61. The van der Waals surface area contributed by atoms with Crippen LogP contribution >= 0.6 is 0 Å². The standard InChI is InChI=1S/C12H8F2N2O4/c13-12(14)20-8-4-2-1-3-7(8)16-6-5-15-9(10(16)17)11(18)19/h1-6,12H,(H,18,19). The van der Waals surface area contributed by atoms with Crippen LogP contribution in [-0.2, 0) is 0 Å². The fourth-order valence-electron chi connectivity index (χ4n) is 1.60. The summed E-state index contributed by atoms with van der Waals surface area (Å²) in [6.45, 7) is -3.06. The van der Waals surface area contributed by atoms with E-state index < -0.39 is 23.8 Å². The maximum Gasteiger partial charge on any atom is 0.387 e. The minimum absolute atomic E-state index is 0.00250. The summed E-state index contributed by atoms with van der Waals surface area (Å²) in [6.07, 6.45) is 2.26. The molecule has 0 aliphatic rings. The van der Waals surface area contributed by atoms with Gasteiger partial charge in [-0.25, -0.2) is 9.78 Å². The lowest BCUT2D eigenvalue weighted by atomic mass is 10.3. The number of carbonyl (C=O) groups is 1. The molecule has 1 aromatic carbocycles. The largest absolute Gasteiger partial charge is 0.476 e. The molecular weight excluding hydrogens is 274 g/mol. The maximum atomic E-state index is 12.3. The zero-order valence-electron chi connectivity index (χ0n) is 9.86. The van der Waals surface area contributed by atoms with Crippen LogP contribution in [0.4, 0.5) is 8.78 Å². The van der Waals surface area contributed by atoms with Crippen LogP contribution in [0.5, 0.6) is 5.75 Å². The molecule has 104 valence electrons. The summed E-state index contributed by atoms with van der Waals surface area (Å²) >= 11 is 0. The van der Waals surface area contributed by atoms with E-state index >= 15 is 0 Å². The summed E-state index contributed by atoms with van der Waals surface area (Å²) in [5, 5.41) is 8.82. The van der Waals surface area contributed by atoms with Crippen molar-refractivity contribution >= 4 is 5.97 Å². The zero-order valence-corrected chi connectivity index (χ0v) is 9.86. The highest BCUT2D eigenvalue weighted by Gasteiger charge is 2.16. The van der Waals surface area contributed by atoms with Crippen LogP contribution in [0.3, 0.4) is 0 Å². The highest BCUT2D eigenvalue weighted by molar-refractivity contribution is 5.84. The maximum absolute atomic E-state index is 12.3. The number of ether oxygens (including phenoxy) is 1. The number of para-hydroxylation sites is 2. The molecule has 1 heterocycles. The van der Waals surface area contributed by atoms with E-state index in [0.717, 1.165) is 10.8 Å². The summed E-state index contributed by atoms with van der Waals surface area (Å²) in [7, 11) is 0. The van der Waals surface area contributed by atoms with Gasteiger partial charge in [0, 0.05) is 12.4 Å². The van der Waals surface area contributed by atoms with E-state index in [0.29, 0.717) is 0 Å². The lowest BCUT2D eigenvalue weighted by molar-refractivity contribution is -0.0498. The molecule has 0 aliphatic heterocycles. The summed E-state index contributed by atoms with van der Waals surface area (Å²) < 4.78 is 29.8. The third kappa shape index (κ3) is 2.63. The Labute approximate surface area is 110 Å². The minimum atomic E-state index is -3.06. The van der Waals surface area contributed by atoms with Gasteiger partial charge in [0.05, 0.1) is 5.69 Å². The van der Waals surface area contributed by atoms with Crippen molar-refractivity contribution in [2.45, 2.75) is 6.61 Å². The molecule has 0 spiro atoms. The molecular formula is C12H8F2N2O4. The summed E-state index contributed by atoms with van der Waals surface area (Å²) in [4.78, 5) is 26.2. The van der Waals surface area contributed by atoms with Crippen molar-refractivity contribution < 1.29 is 23.4 Å². The van der Waals surface area contributed by atoms with E-state index in [-0.39, 0.29) is 11.4 Å². The topological polar surface area (TPSA) is 81.4 Å². The van der Waals surface area contributed by atoms with Crippen molar-refractivity contribution in [2.75, 3.05) is 0 Å². The van der Waals surface area contributed by atoms with E-state index in [1.165, 1.54) is 30.5 Å². The Morgan fingerprint density at radius 3 is 2.70 bits per heavy atom. The summed E-state index contributed by atoms with van der Waals surface area (Å²) in [5.41, 5.74) is -1.65. The number of aromatic carboxylic acids is 1. The Bertz CT molecular complexity index is 700. The second kappa shape index (κ2) is 5.47. The molecule has 6 nitrogen and oxygen atoms in total. The first kappa shape index (κ1) is 13.7. The molecule has 2 rings (SSSR count). The molecule has 0 unspecified atom stereocenters. The molecule has 0 saturated carbocycles. The lowest BCUT2D eigenvalue weighted by Crippen LogP contribution is -2.26. The number of halogens is 2. The van der Waals surface area contributed by atoms with Gasteiger partial charge in [0.2, 0.25) is 5.69 Å². The second-order valence-electron chi connectivity index (χ2n) is 3.60. The van der Waals surface area contributed by atoms with Crippen LogP contribution < -0.4 is 10.3 Å². The van der Waals surface area contributed by atoms with Gasteiger partial charge < -0.3 is 9.84 Å². The van der Waals surface area contributed by atoms with Crippen molar-refractivity contribution in [2.24, 2.45) is 0 Å². The Morgan fingerprint density at radius 1 is 1.35 bits per heavy atom. The first-order valence-corrected chi connectivity index (χ1v) is 5.36. The first-order valence-electron chi connectivity index (χ1n) is 5.36. The molecule has 0 fully saturated rings. The van der Waals surface area contributed by atoms with Crippen LogP contribution in [0.1, 0.15) is 10.5 Å². The van der Waals surface area contributed by atoms with Gasteiger partial charge in [0.25, 0.3) is 5.56 Å². The molecule has 8 heteroatoms. The molecule has 2 aromatic rings. The number of hydrogen-bond donors (Lipinski definition) is 1. The highest BCUT2D eigenvalue weighted by atomic mass is 19.3. The van der Waals surface area contributed by atoms with Gasteiger partial charge in [-0.15, -0.1) is 0 Å². The van der Waals surface area contributed by atoms with Gasteiger partial charge in [0.15, 0.2) is 0 Å². The average Bonchev–Trinajstić information content (AvgIpc) is 2.39. The molecule has 0 atom stereocenters. The number of rotatable bonds is 4. The highest BCUT2D eigenvalue weighted by Crippen LogP contribution is 2.22. The molecule has 0 bridgehead atoms.